The van der Waals surface area contributed by atoms with Gasteiger partial charge in [-0.3, -0.25) is 4.79 Å². The lowest BCUT2D eigenvalue weighted by molar-refractivity contribution is -0.119. The van der Waals surface area contributed by atoms with Gasteiger partial charge in [0, 0.05) is 21.1 Å². The molecule has 1 amide bonds. The van der Waals surface area contributed by atoms with Gasteiger partial charge >= 0.3 is 0 Å². The fraction of sp³-hybridized carbons (Fsp3) is 0.417. The second kappa shape index (κ2) is 5.81. The van der Waals surface area contributed by atoms with Crippen molar-refractivity contribution in [2.24, 2.45) is 5.92 Å². The van der Waals surface area contributed by atoms with Crippen molar-refractivity contribution in [3.05, 3.63) is 22.7 Å². The molecule has 1 fully saturated rings. The van der Waals surface area contributed by atoms with Gasteiger partial charge in [-0.15, -0.1) is 0 Å². The van der Waals surface area contributed by atoms with Crippen LogP contribution in [0.1, 0.15) is 25.7 Å². The topological polar surface area (TPSA) is 63.2 Å². The highest BCUT2D eigenvalue weighted by Crippen LogP contribution is 2.30. The predicted octanol–water partition coefficient (Wildman–Crippen LogP) is 3.51. The van der Waals surface area contributed by atoms with E-state index >= 15 is 0 Å². The van der Waals surface area contributed by atoms with Crippen LogP contribution >= 0.6 is 26.6 Å². The Morgan fingerprint density at radius 2 is 1.95 bits per heavy atom. The van der Waals surface area contributed by atoms with Gasteiger partial charge in [-0.05, 0) is 47.0 Å². The number of carbonyl (C=O) groups excluding carboxylic acids is 1. The molecule has 7 heteroatoms. The summed E-state index contributed by atoms with van der Waals surface area (Å²) in [5, 5.41) is 2.81. The van der Waals surface area contributed by atoms with Gasteiger partial charge in [0.25, 0.3) is 9.05 Å². The average Bonchev–Trinajstić information content (AvgIpc) is 2.84. The number of amides is 1. The highest BCUT2D eigenvalue weighted by molar-refractivity contribution is 9.10. The molecule has 1 aromatic rings. The van der Waals surface area contributed by atoms with Crippen LogP contribution in [0.4, 0.5) is 5.69 Å². The number of hydrogen-bond acceptors (Lipinski definition) is 3. The molecule has 0 radical (unpaired) electrons. The van der Waals surface area contributed by atoms with Crippen LogP contribution in [0, 0.1) is 5.92 Å². The Morgan fingerprint density at radius 3 is 2.47 bits per heavy atom. The molecule has 1 saturated carbocycles. The predicted molar refractivity (Wildman–Crippen MR) is 77.8 cm³/mol. The molecular weight excluding hydrogens is 354 g/mol. The summed E-state index contributed by atoms with van der Waals surface area (Å²) in [5.74, 6) is 0.0445. The number of nitrogens with one attached hydrogen (secondary N) is 1. The maximum atomic E-state index is 12.0. The standard InChI is InChI=1S/C12H13BrClNO3S/c13-10-7-9(19(14,17)18)5-6-11(10)15-12(16)8-3-1-2-4-8/h5-8H,1-4H2,(H,15,16). The van der Waals surface area contributed by atoms with Crippen LogP contribution in [-0.4, -0.2) is 14.3 Å². The van der Waals surface area contributed by atoms with Crippen LogP contribution in [0.25, 0.3) is 0 Å². The first-order chi connectivity index (χ1) is 8.88. The van der Waals surface area contributed by atoms with Gasteiger partial charge in [0.1, 0.15) is 0 Å². The normalized spacial score (nSPS) is 16.5. The average molecular weight is 367 g/mol. The summed E-state index contributed by atoms with van der Waals surface area (Å²) >= 11 is 3.24. The van der Waals surface area contributed by atoms with Crippen molar-refractivity contribution in [1.29, 1.82) is 0 Å². The Morgan fingerprint density at radius 1 is 1.32 bits per heavy atom. The van der Waals surface area contributed by atoms with Crippen molar-refractivity contribution < 1.29 is 13.2 Å². The zero-order valence-corrected chi connectivity index (χ0v) is 13.2. The molecule has 0 spiro atoms. The Balaban J connectivity index is 2.15. The van der Waals surface area contributed by atoms with E-state index in [4.69, 9.17) is 10.7 Å². The number of rotatable bonds is 3. The van der Waals surface area contributed by atoms with Crippen molar-refractivity contribution in [3.8, 4) is 0 Å². The van der Waals surface area contributed by atoms with Crippen molar-refractivity contribution in [1.82, 2.24) is 0 Å². The van der Waals surface area contributed by atoms with E-state index in [0.29, 0.717) is 10.2 Å². The number of benzene rings is 1. The first-order valence-electron chi connectivity index (χ1n) is 5.93. The van der Waals surface area contributed by atoms with Gasteiger partial charge < -0.3 is 5.32 Å². The van der Waals surface area contributed by atoms with Crippen LogP contribution in [0.2, 0.25) is 0 Å². The lowest BCUT2D eigenvalue weighted by Gasteiger charge is -2.12. The van der Waals surface area contributed by atoms with E-state index in [9.17, 15) is 13.2 Å². The van der Waals surface area contributed by atoms with Crippen LogP contribution < -0.4 is 5.32 Å². The first-order valence-corrected chi connectivity index (χ1v) is 9.03. The van der Waals surface area contributed by atoms with E-state index in [2.05, 4.69) is 21.2 Å². The molecular formula is C12H13BrClNO3S. The molecule has 0 atom stereocenters. The highest BCUT2D eigenvalue weighted by Gasteiger charge is 2.23. The second-order valence-electron chi connectivity index (χ2n) is 4.55. The lowest BCUT2D eigenvalue weighted by Crippen LogP contribution is -2.20. The van der Waals surface area contributed by atoms with Gasteiger partial charge in [0.2, 0.25) is 5.91 Å². The fourth-order valence-electron chi connectivity index (χ4n) is 2.17. The van der Waals surface area contributed by atoms with E-state index in [0.717, 1.165) is 25.7 Å². The van der Waals surface area contributed by atoms with Gasteiger partial charge in [0.05, 0.1) is 10.6 Å². The van der Waals surface area contributed by atoms with E-state index < -0.39 is 9.05 Å². The van der Waals surface area contributed by atoms with Crippen LogP contribution in [0.3, 0.4) is 0 Å². The van der Waals surface area contributed by atoms with Gasteiger partial charge in [-0.2, -0.15) is 0 Å². The number of hydrogen-bond donors (Lipinski definition) is 1. The second-order valence-corrected chi connectivity index (χ2v) is 7.97. The molecule has 104 valence electrons. The van der Waals surface area contributed by atoms with E-state index in [1.54, 1.807) is 0 Å². The van der Waals surface area contributed by atoms with Gasteiger partial charge in [0.15, 0.2) is 0 Å². The molecule has 0 bridgehead atoms. The minimum Gasteiger partial charge on any atom is -0.325 e. The zero-order chi connectivity index (χ0) is 14.0. The van der Waals surface area contributed by atoms with Gasteiger partial charge in [-0.1, -0.05) is 12.8 Å². The third kappa shape index (κ3) is 3.70. The summed E-state index contributed by atoms with van der Waals surface area (Å²) in [4.78, 5) is 12.0. The Labute approximate surface area is 125 Å². The quantitative estimate of drug-likeness (QED) is 0.833. The molecule has 1 aromatic carbocycles. The molecule has 19 heavy (non-hydrogen) atoms. The van der Waals surface area contributed by atoms with Gasteiger partial charge in [-0.25, -0.2) is 8.42 Å². The lowest BCUT2D eigenvalue weighted by atomic mass is 10.1. The van der Waals surface area contributed by atoms with Crippen LogP contribution in [0.5, 0.6) is 0 Å². The number of anilines is 1. The Bertz CT molecular complexity index is 597. The molecule has 0 aliphatic heterocycles. The molecule has 4 nitrogen and oxygen atoms in total. The summed E-state index contributed by atoms with van der Waals surface area (Å²) < 4.78 is 22.9. The van der Waals surface area contributed by atoms with Crippen molar-refractivity contribution in [3.63, 3.8) is 0 Å². The minimum absolute atomic E-state index is 0.0000861. The molecule has 1 aliphatic carbocycles. The zero-order valence-electron chi connectivity index (χ0n) is 10.0. The molecule has 1 N–H and O–H groups in total. The maximum absolute atomic E-state index is 12.0. The van der Waals surface area contributed by atoms with E-state index in [1.165, 1.54) is 18.2 Å². The summed E-state index contributed by atoms with van der Waals surface area (Å²) in [6.45, 7) is 0. The Kier molecular flexibility index (Phi) is 4.53. The molecule has 0 saturated heterocycles. The fourth-order valence-corrected chi connectivity index (χ4v) is 3.58. The summed E-state index contributed by atoms with van der Waals surface area (Å²) in [7, 11) is 1.50. The first kappa shape index (κ1) is 14.8. The third-order valence-corrected chi connectivity index (χ3v) is 5.21. The van der Waals surface area contributed by atoms with Crippen molar-refractivity contribution in [2.45, 2.75) is 30.6 Å². The molecule has 0 heterocycles. The summed E-state index contributed by atoms with van der Waals surface area (Å²) in [6.07, 6.45) is 4.00. The third-order valence-electron chi connectivity index (χ3n) is 3.21. The van der Waals surface area contributed by atoms with Crippen LogP contribution in [-0.2, 0) is 13.8 Å². The number of halogens is 2. The van der Waals surface area contributed by atoms with E-state index in [1.807, 2.05) is 0 Å². The molecule has 1 aliphatic rings. The monoisotopic (exact) mass is 365 g/mol. The molecule has 0 unspecified atom stereocenters. The smallest absolute Gasteiger partial charge is 0.261 e. The summed E-state index contributed by atoms with van der Waals surface area (Å²) in [6, 6.07) is 4.29. The summed E-state index contributed by atoms with van der Waals surface area (Å²) in [5.41, 5.74) is 0.556. The highest BCUT2D eigenvalue weighted by atomic mass is 79.9. The largest absolute Gasteiger partial charge is 0.325 e. The minimum atomic E-state index is -3.76. The maximum Gasteiger partial charge on any atom is 0.261 e. The number of carbonyl (C=O) groups is 1. The van der Waals surface area contributed by atoms with E-state index in [-0.39, 0.29) is 16.7 Å². The molecule has 2 rings (SSSR count). The van der Waals surface area contributed by atoms with Crippen molar-refractivity contribution in [2.75, 3.05) is 5.32 Å². The Hall–Kier alpha value is -0.590. The van der Waals surface area contributed by atoms with Crippen LogP contribution in [0.15, 0.2) is 27.6 Å². The van der Waals surface area contributed by atoms with Crippen molar-refractivity contribution >= 4 is 47.3 Å². The SMILES string of the molecule is O=C(Nc1ccc(S(=O)(=O)Cl)cc1Br)C1CCCC1. The molecule has 0 aromatic heterocycles.